The number of rotatable bonds is 12. The van der Waals surface area contributed by atoms with Crippen LogP contribution in [0, 0.1) is 0 Å². The Morgan fingerprint density at radius 3 is 1.30 bits per heavy atom. The second kappa shape index (κ2) is 7.47. The molecular weight excluding hydrogens is 344 g/mol. The van der Waals surface area contributed by atoms with Crippen LogP contribution in [-0.2, 0) is 18.9 Å². The summed E-state index contributed by atoms with van der Waals surface area (Å²) in [5, 5.41) is 0. The summed E-state index contributed by atoms with van der Waals surface area (Å²) < 4.78 is 23.8. The van der Waals surface area contributed by atoms with Gasteiger partial charge in [0.2, 0.25) is 0 Å². The topological polar surface area (TPSA) is 36.9 Å². The minimum absolute atomic E-state index is 0.241. The SMILES string of the molecule is CCOC1(OC[Si](C)(C)S[Si](C)(C)COC2(OCC)CC2)CC1. The Morgan fingerprint density at radius 1 is 0.696 bits per heavy atom. The molecule has 0 aromatic rings. The highest BCUT2D eigenvalue weighted by atomic mass is 32.5. The summed E-state index contributed by atoms with van der Waals surface area (Å²) >= 11 is 0. The van der Waals surface area contributed by atoms with Crippen molar-refractivity contribution in [2.24, 2.45) is 0 Å². The predicted octanol–water partition coefficient (Wildman–Crippen LogP) is 4.29. The molecule has 0 N–H and O–H groups in total. The van der Waals surface area contributed by atoms with Crippen molar-refractivity contribution < 1.29 is 18.9 Å². The van der Waals surface area contributed by atoms with Gasteiger partial charge in [0.05, 0.1) is 12.5 Å². The minimum atomic E-state index is -1.48. The Hall–Kier alpha value is 0.624. The lowest BCUT2D eigenvalue weighted by Crippen LogP contribution is -2.43. The molecule has 7 heteroatoms. The van der Waals surface area contributed by atoms with Crippen molar-refractivity contribution in [1.29, 1.82) is 0 Å². The zero-order chi connectivity index (χ0) is 17.2. The molecule has 2 aliphatic carbocycles. The van der Waals surface area contributed by atoms with Gasteiger partial charge in [-0.1, -0.05) is 26.2 Å². The molecule has 2 fully saturated rings. The smallest absolute Gasteiger partial charge is 0.168 e. The van der Waals surface area contributed by atoms with Gasteiger partial charge in [0.25, 0.3) is 0 Å². The minimum Gasteiger partial charge on any atom is -0.352 e. The maximum atomic E-state index is 6.16. The van der Waals surface area contributed by atoms with Crippen LogP contribution in [0.1, 0.15) is 39.5 Å². The molecule has 0 atom stereocenters. The second-order valence-corrected chi connectivity index (χ2v) is 24.8. The molecule has 2 aliphatic rings. The summed E-state index contributed by atoms with van der Waals surface area (Å²) in [5.41, 5.74) is 0. The molecule has 4 nitrogen and oxygen atoms in total. The van der Waals surface area contributed by atoms with Gasteiger partial charge in [0.1, 0.15) is 14.4 Å². The molecule has 0 heterocycles. The summed E-state index contributed by atoms with van der Waals surface area (Å²) in [7, 11) is -0.759. The lowest BCUT2D eigenvalue weighted by atomic mass is 10.7. The van der Waals surface area contributed by atoms with E-state index in [0.29, 0.717) is 0 Å². The molecule has 2 saturated carbocycles. The molecule has 0 unspecified atom stereocenters. The van der Waals surface area contributed by atoms with E-state index in [1.165, 1.54) is 0 Å². The number of hydrogen-bond acceptors (Lipinski definition) is 5. The quantitative estimate of drug-likeness (QED) is 0.374. The molecule has 0 aromatic heterocycles. The van der Waals surface area contributed by atoms with Crippen LogP contribution in [0.4, 0.5) is 0 Å². The van der Waals surface area contributed by atoms with E-state index in [1.54, 1.807) is 0 Å². The Morgan fingerprint density at radius 2 is 1.04 bits per heavy atom. The van der Waals surface area contributed by atoms with E-state index in [4.69, 9.17) is 18.9 Å². The van der Waals surface area contributed by atoms with Crippen LogP contribution >= 0.6 is 10.7 Å². The van der Waals surface area contributed by atoms with E-state index in [9.17, 15) is 0 Å². The zero-order valence-electron chi connectivity index (χ0n) is 15.7. The van der Waals surface area contributed by atoms with Gasteiger partial charge in [-0.05, 0) is 13.8 Å². The molecule has 23 heavy (non-hydrogen) atoms. The van der Waals surface area contributed by atoms with Crippen molar-refractivity contribution in [1.82, 2.24) is 0 Å². The predicted molar refractivity (Wildman–Crippen MR) is 102 cm³/mol. The molecule has 136 valence electrons. The van der Waals surface area contributed by atoms with Gasteiger partial charge < -0.3 is 18.9 Å². The highest BCUT2D eigenvalue weighted by Crippen LogP contribution is 2.44. The Bertz CT molecular complexity index is 360. The maximum absolute atomic E-state index is 6.16. The van der Waals surface area contributed by atoms with Gasteiger partial charge in [-0.15, -0.1) is 0 Å². The van der Waals surface area contributed by atoms with E-state index in [-0.39, 0.29) is 11.6 Å². The first-order chi connectivity index (χ1) is 10.7. The first kappa shape index (κ1) is 19.9. The number of ether oxygens (including phenoxy) is 4. The maximum Gasteiger partial charge on any atom is 0.168 e. The molecule has 0 amide bonds. The van der Waals surface area contributed by atoms with Gasteiger partial charge >= 0.3 is 0 Å². The fourth-order valence-corrected chi connectivity index (χ4v) is 25.4. The average Bonchev–Trinajstić information content (AvgIpc) is 3.33. The van der Waals surface area contributed by atoms with E-state index in [2.05, 4.69) is 36.8 Å². The van der Waals surface area contributed by atoms with Crippen molar-refractivity contribution >= 4 is 25.1 Å². The third kappa shape index (κ3) is 6.45. The number of hydrogen-bond donors (Lipinski definition) is 0. The lowest BCUT2D eigenvalue weighted by molar-refractivity contribution is -0.152. The van der Waals surface area contributed by atoms with Crippen LogP contribution in [-0.4, -0.2) is 51.7 Å². The largest absolute Gasteiger partial charge is 0.352 e. The van der Waals surface area contributed by atoms with Crippen molar-refractivity contribution in [2.45, 2.75) is 77.3 Å². The molecule has 2 rings (SSSR count). The summed E-state index contributed by atoms with van der Waals surface area (Å²) in [4.78, 5) is 0. The van der Waals surface area contributed by atoms with E-state index < -0.39 is 14.4 Å². The molecular formula is C16H34O4SSi2. The summed E-state index contributed by atoms with van der Waals surface area (Å²) in [6.45, 7) is 15.2. The highest BCUT2D eigenvalue weighted by molar-refractivity contribution is 8.49. The zero-order valence-corrected chi connectivity index (χ0v) is 18.5. The lowest BCUT2D eigenvalue weighted by Gasteiger charge is -2.33. The summed E-state index contributed by atoms with van der Waals surface area (Å²) in [5.74, 6) is -0.483. The van der Waals surface area contributed by atoms with Gasteiger partial charge in [-0.3, -0.25) is 0 Å². The molecule has 0 spiro atoms. The first-order valence-corrected chi connectivity index (χ1v) is 17.6. The molecule has 0 radical (unpaired) electrons. The highest BCUT2D eigenvalue weighted by Gasteiger charge is 2.49. The van der Waals surface area contributed by atoms with E-state index in [1.807, 2.05) is 13.8 Å². The van der Waals surface area contributed by atoms with Crippen LogP contribution in [0.15, 0.2) is 0 Å². The third-order valence-electron chi connectivity index (χ3n) is 4.05. The monoisotopic (exact) mass is 378 g/mol. The molecule has 0 aromatic carbocycles. The molecule has 0 aliphatic heterocycles. The van der Waals surface area contributed by atoms with Crippen molar-refractivity contribution in [2.75, 3.05) is 25.7 Å². The third-order valence-corrected chi connectivity index (χ3v) is 20.8. The van der Waals surface area contributed by atoms with Crippen molar-refractivity contribution in [3.63, 3.8) is 0 Å². The van der Waals surface area contributed by atoms with Gasteiger partial charge in [0, 0.05) is 38.9 Å². The molecule has 0 saturated heterocycles. The van der Waals surface area contributed by atoms with Gasteiger partial charge in [0.15, 0.2) is 11.6 Å². The van der Waals surface area contributed by atoms with Crippen LogP contribution in [0.25, 0.3) is 0 Å². The van der Waals surface area contributed by atoms with E-state index >= 15 is 0 Å². The van der Waals surface area contributed by atoms with Crippen molar-refractivity contribution in [3.05, 3.63) is 0 Å². The fraction of sp³-hybridized carbons (Fsp3) is 1.00. The van der Waals surface area contributed by atoms with Crippen LogP contribution in [0.2, 0.25) is 26.2 Å². The van der Waals surface area contributed by atoms with Crippen LogP contribution < -0.4 is 0 Å². The average molecular weight is 379 g/mol. The Balaban J connectivity index is 1.76. The standard InChI is InChI=1S/C16H34O4SSi2/c1-7-17-15(9-10-15)19-13-22(3,4)21-23(5,6)14-20-16(11-12-16)18-8-2/h7-14H2,1-6H3. The van der Waals surface area contributed by atoms with E-state index in [0.717, 1.165) is 51.4 Å². The first-order valence-electron chi connectivity index (χ1n) is 8.91. The summed E-state index contributed by atoms with van der Waals surface area (Å²) in [6.07, 6.45) is 5.94. The Labute approximate surface area is 147 Å². The molecule has 0 bridgehead atoms. The van der Waals surface area contributed by atoms with Gasteiger partial charge in [-0.2, -0.15) is 0 Å². The van der Waals surface area contributed by atoms with Crippen LogP contribution in [0.3, 0.4) is 0 Å². The second-order valence-electron chi connectivity index (χ2n) is 7.89. The van der Waals surface area contributed by atoms with Crippen LogP contribution in [0.5, 0.6) is 0 Å². The van der Waals surface area contributed by atoms with Crippen molar-refractivity contribution in [3.8, 4) is 0 Å². The fourth-order valence-electron chi connectivity index (χ4n) is 2.81. The Kier molecular flexibility index (Phi) is 6.48. The van der Waals surface area contributed by atoms with Gasteiger partial charge in [-0.25, -0.2) is 10.7 Å². The normalized spacial score (nSPS) is 22.2. The summed E-state index contributed by atoms with van der Waals surface area (Å²) in [6, 6.07) is 0.